The van der Waals surface area contributed by atoms with E-state index in [0.29, 0.717) is 18.0 Å². The van der Waals surface area contributed by atoms with Crippen molar-refractivity contribution < 1.29 is 9.59 Å². The van der Waals surface area contributed by atoms with Gasteiger partial charge in [0, 0.05) is 12.0 Å². The van der Waals surface area contributed by atoms with Gasteiger partial charge in [-0.3, -0.25) is 9.59 Å². The van der Waals surface area contributed by atoms with E-state index in [-0.39, 0.29) is 11.7 Å². The van der Waals surface area contributed by atoms with Crippen LogP contribution >= 0.6 is 0 Å². The van der Waals surface area contributed by atoms with Crippen LogP contribution in [0.4, 0.5) is 0 Å². The maximum absolute atomic E-state index is 12.3. The van der Waals surface area contributed by atoms with E-state index >= 15 is 0 Å². The van der Waals surface area contributed by atoms with Crippen molar-refractivity contribution in [2.45, 2.75) is 26.2 Å². The first-order valence-electron chi connectivity index (χ1n) is 6.40. The van der Waals surface area contributed by atoms with Crippen molar-refractivity contribution in [3.63, 3.8) is 0 Å². The molecule has 18 heavy (non-hydrogen) atoms. The molecule has 0 bridgehead atoms. The predicted octanol–water partition coefficient (Wildman–Crippen LogP) is 2.53. The van der Waals surface area contributed by atoms with Crippen LogP contribution in [0.1, 0.15) is 42.1 Å². The number of fused-ring (bicyclic) bond motifs is 1. The summed E-state index contributed by atoms with van der Waals surface area (Å²) in [6.07, 6.45) is 2.62. The van der Waals surface area contributed by atoms with Crippen molar-refractivity contribution in [1.29, 1.82) is 0 Å². The number of ketones is 1. The number of benzene rings is 1. The summed E-state index contributed by atoms with van der Waals surface area (Å²) in [4.78, 5) is 23.9. The molecule has 3 rings (SSSR count). The van der Waals surface area contributed by atoms with Crippen molar-refractivity contribution in [1.82, 2.24) is 5.32 Å². The molecule has 0 spiro atoms. The summed E-state index contributed by atoms with van der Waals surface area (Å²) in [5.74, 6) is 0.323. The molecule has 1 N–H and O–H groups in total. The molecule has 0 saturated heterocycles. The van der Waals surface area contributed by atoms with Crippen LogP contribution in [0.25, 0.3) is 5.57 Å². The zero-order valence-corrected chi connectivity index (χ0v) is 10.3. The molecule has 0 radical (unpaired) electrons. The minimum Gasteiger partial charge on any atom is -0.323 e. The van der Waals surface area contributed by atoms with E-state index in [1.807, 2.05) is 24.3 Å². The van der Waals surface area contributed by atoms with Crippen LogP contribution in [0.3, 0.4) is 0 Å². The first-order chi connectivity index (χ1) is 8.72. The van der Waals surface area contributed by atoms with Crippen molar-refractivity contribution in [2.24, 2.45) is 5.92 Å². The Hall–Kier alpha value is -1.90. The number of amides is 1. The van der Waals surface area contributed by atoms with Crippen LogP contribution in [0, 0.1) is 5.92 Å². The molecule has 2 aliphatic rings. The quantitative estimate of drug-likeness (QED) is 0.883. The first-order valence-corrected chi connectivity index (χ1v) is 6.40. The average Bonchev–Trinajstić information content (AvgIpc) is 3.18. The third kappa shape index (κ3) is 1.67. The summed E-state index contributed by atoms with van der Waals surface area (Å²) in [7, 11) is 0. The van der Waals surface area contributed by atoms with Gasteiger partial charge in [-0.15, -0.1) is 0 Å². The average molecular weight is 241 g/mol. The second kappa shape index (κ2) is 4.09. The Kier molecular flexibility index (Phi) is 2.54. The standard InChI is InChI=1S/C15H15NO2/c1-2-12(17)16-14-13(9-7-8-9)10-5-3-4-6-11(10)15(14)18/h3-6,9H,2,7-8H2,1H3,(H,16,17,18). The van der Waals surface area contributed by atoms with Gasteiger partial charge < -0.3 is 5.32 Å². The fraction of sp³-hybridized carbons (Fsp3) is 0.333. The lowest BCUT2D eigenvalue weighted by Gasteiger charge is -2.07. The highest BCUT2D eigenvalue weighted by molar-refractivity contribution is 6.22. The van der Waals surface area contributed by atoms with Gasteiger partial charge in [-0.05, 0) is 29.9 Å². The molecular weight excluding hydrogens is 226 g/mol. The van der Waals surface area contributed by atoms with Crippen molar-refractivity contribution in [3.8, 4) is 0 Å². The maximum Gasteiger partial charge on any atom is 0.224 e. The van der Waals surface area contributed by atoms with E-state index in [1.54, 1.807) is 6.92 Å². The minimum absolute atomic E-state index is 0.0331. The third-order valence-electron chi connectivity index (χ3n) is 3.53. The van der Waals surface area contributed by atoms with Crippen molar-refractivity contribution in [3.05, 3.63) is 41.1 Å². The highest BCUT2D eigenvalue weighted by Gasteiger charge is 2.38. The zero-order valence-electron chi connectivity index (χ0n) is 10.3. The lowest BCUT2D eigenvalue weighted by atomic mass is 10.0. The summed E-state index contributed by atoms with van der Waals surface area (Å²) in [5.41, 5.74) is 3.31. The fourth-order valence-electron chi connectivity index (χ4n) is 2.46. The minimum atomic E-state index is -0.0932. The van der Waals surface area contributed by atoms with Gasteiger partial charge in [0.1, 0.15) is 0 Å². The van der Waals surface area contributed by atoms with Gasteiger partial charge in [0.05, 0.1) is 5.70 Å². The Labute approximate surface area is 106 Å². The van der Waals surface area contributed by atoms with E-state index in [9.17, 15) is 9.59 Å². The molecule has 1 fully saturated rings. The number of allylic oxidation sites excluding steroid dienone is 2. The molecule has 1 aromatic rings. The van der Waals surface area contributed by atoms with Gasteiger partial charge in [-0.25, -0.2) is 0 Å². The molecule has 0 unspecified atom stereocenters. The van der Waals surface area contributed by atoms with E-state index in [4.69, 9.17) is 0 Å². The van der Waals surface area contributed by atoms with Gasteiger partial charge in [0.25, 0.3) is 0 Å². The highest BCUT2D eigenvalue weighted by atomic mass is 16.2. The largest absolute Gasteiger partial charge is 0.323 e. The van der Waals surface area contributed by atoms with Crippen LogP contribution in [-0.4, -0.2) is 11.7 Å². The number of carbonyl (C=O) groups excluding carboxylic acids is 2. The Bertz CT molecular complexity index is 568. The van der Waals surface area contributed by atoms with Crippen molar-refractivity contribution >= 4 is 17.3 Å². The maximum atomic E-state index is 12.3. The number of Topliss-reactive ketones (excluding diaryl/α,β-unsaturated/α-hetero) is 1. The fourth-order valence-corrected chi connectivity index (χ4v) is 2.46. The van der Waals surface area contributed by atoms with Gasteiger partial charge in [-0.2, -0.15) is 0 Å². The van der Waals surface area contributed by atoms with E-state index < -0.39 is 0 Å². The number of carbonyl (C=O) groups is 2. The molecule has 2 aliphatic carbocycles. The number of nitrogens with one attached hydrogen (secondary N) is 1. The lowest BCUT2D eigenvalue weighted by molar-refractivity contribution is -0.120. The number of hydrogen-bond donors (Lipinski definition) is 1. The molecule has 1 amide bonds. The third-order valence-corrected chi connectivity index (χ3v) is 3.53. The summed E-state index contributed by atoms with van der Waals surface area (Å²) in [5, 5.41) is 2.79. The Balaban J connectivity index is 2.07. The molecule has 0 aliphatic heterocycles. The van der Waals surface area contributed by atoms with Crippen LogP contribution in [0.15, 0.2) is 30.0 Å². The van der Waals surface area contributed by atoms with Gasteiger partial charge >= 0.3 is 0 Å². The van der Waals surface area contributed by atoms with E-state index in [2.05, 4.69) is 5.32 Å². The predicted molar refractivity (Wildman–Crippen MR) is 68.9 cm³/mol. The van der Waals surface area contributed by atoms with E-state index in [1.165, 1.54) is 0 Å². The van der Waals surface area contributed by atoms with Gasteiger partial charge in [-0.1, -0.05) is 31.2 Å². The molecule has 3 nitrogen and oxygen atoms in total. The monoisotopic (exact) mass is 241 g/mol. The molecule has 0 aromatic heterocycles. The second-order valence-electron chi connectivity index (χ2n) is 4.84. The second-order valence-corrected chi connectivity index (χ2v) is 4.84. The molecule has 0 atom stereocenters. The van der Waals surface area contributed by atoms with Gasteiger partial charge in [0.15, 0.2) is 0 Å². The highest BCUT2D eigenvalue weighted by Crippen LogP contribution is 2.47. The molecule has 0 heterocycles. The lowest BCUT2D eigenvalue weighted by Crippen LogP contribution is -2.25. The smallest absolute Gasteiger partial charge is 0.224 e. The van der Waals surface area contributed by atoms with Crippen LogP contribution < -0.4 is 5.32 Å². The summed E-state index contributed by atoms with van der Waals surface area (Å²) in [6.45, 7) is 1.79. The normalized spacial score (nSPS) is 17.9. The topological polar surface area (TPSA) is 46.2 Å². The Morgan fingerprint density at radius 1 is 1.28 bits per heavy atom. The molecule has 92 valence electrons. The zero-order chi connectivity index (χ0) is 12.7. The summed E-state index contributed by atoms with van der Waals surface area (Å²) < 4.78 is 0. The van der Waals surface area contributed by atoms with E-state index in [0.717, 1.165) is 29.5 Å². The summed E-state index contributed by atoms with van der Waals surface area (Å²) >= 11 is 0. The van der Waals surface area contributed by atoms with Gasteiger partial charge in [0.2, 0.25) is 11.7 Å². The molecule has 1 saturated carbocycles. The molecular formula is C15H15NO2. The first kappa shape index (κ1) is 11.2. The Morgan fingerprint density at radius 3 is 2.56 bits per heavy atom. The molecule has 1 aromatic carbocycles. The number of rotatable bonds is 3. The Morgan fingerprint density at radius 2 is 1.94 bits per heavy atom. The SMILES string of the molecule is CCC(=O)NC1=C(C2CC2)c2ccccc2C1=O. The summed E-state index contributed by atoms with van der Waals surface area (Å²) in [6, 6.07) is 7.63. The molecule has 3 heteroatoms. The number of hydrogen-bond acceptors (Lipinski definition) is 2. The van der Waals surface area contributed by atoms with Crippen LogP contribution in [0.2, 0.25) is 0 Å². The van der Waals surface area contributed by atoms with Crippen LogP contribution in [-0.2, 0) is 4.79 Å². The van der Waals surface area contributed by atoms with Crippen molar-refractivity contribution in [2.75, 3.05) is 0 Å². The van der Waals surface area contributed by atoms with Crippen LogP contribution in [0.5, 0.6) is 0 Å².